The third-order valence-electron chi connectivity index (χ3n) is 3.73. The van der Waals surface area contributed by atoms with Crippen molar-refractivity contribution in [2.24, 2.45) is 5.92 Å². The second-order valence-electron chi connectivity index (χ2n) is 5.30. The van der Waals surface area contributed by atoms with Gasteiger partial charge in [0.05, 0.1) is 12.2 Å². The second-order valence-corrected chi connectivity index (χ2v) is 5.30. The van der Waals surface area contributed by atoms with E-state index in [2.05, 4.69) is 0 Å². The van der Waals surface area contributed by atoms with E-state index >= 15 is 0 Å². The molecular formula is C17H18O2. The number of benzene rings is 2. The molecule has 2 nitrogen and oxygen atoms in total. The summed E-state index contributed by atoms with van der Waals surface area (Å²) in [7, 11) is 0. The topological polar surface area (TPSA) is 26.3 Å². The Morgan fingerprint density at radius 2 is 2.00 bits per heavy atom. The van der Waals surface area contributed by atoms with E-state index in [0.717, 1.165) is 28.9 Å². The number of Topliss-reactive ketones (excluding diaryl/α,β-unsaturated/α-hetero) is 1. The first-order chi connectivity index (χ1) is 9.25. The Hall–Kier alpha value is -1.83. The molecule has 98 valence electrons. The van der Waals surface area contributed by atoms with Gasteiger partial charge in [0.15, 0.2) is 5.78 Å². The molecule has 0 spiro atoms. The SMILES string of the molecule is CC(=O)c1ccc2ccccc2c1OCCC1CC1. The molecule has 0 N–H and O–H groups in total. The highest BCUT2D eigenvalue weighted by Gasteiger charge is 2.21. The number of carbonyl (C=O) groups is 1. The zero-order valence-corrected chi connectivity index (χ0v) is 11.2. The maximum atomic E-state index is 11.7. The highest BCUT2D eigenvalue weighted by molar-refractivity contribution is 6.03. The van der Waals surface area contributed by atoms with Gasteiger partial charge in [-0.1, -0.05) is 43.2 Å². The zero-order valence-electron chi connectivity index (χ0n) is 11.2. The van der Waals surface area contributed by atoms with Crippen LogP contribution in [0.25, 0.3) is 10.8 Å². The van der Waals surface area contributed by atoms with Gasteiger partial charge in [-0.3, -0.25) is 4.79 Å². The van der Waals surface area contributed by atoms with Crippen LogP contribution in [0.4, 0.5) is 0 Å². The van der Waals surface area contributed by atoms with Gasteiger partial charge in [-0.05, 0) is 30.7 Å². The molecule has 1 fully saturated rings. The van der Waals surface area contributed by atoms with Gasteiger partial charge in [0.2, 0.25) is 0 Å². The molecule has 0 aliphatic heterocycles. The molecule has 0 amide bonds. The summed E-state index contributed by atoms with van der Waals surface area (Å²) in [5.74, 6) is 1.66. The molecule has 0 bridgehead atoms. The Morgan fingerprint density at radius 3 is 2.74 bits per heavy atom. The number of ether oxygens (including phenoxy) is 1. The number of fused-ring (bicyclic) bond motifs is 1. The Bertz CT molecular complexity index is 612. The molecule has 19 heavy (non-hydrogen) atoms. The maximum Gasteiger partial charge on any atom is 0.163 e. The summed E-state index contributed by atoms with van der Waals surface area (Å²) in [4.78, 5) is 11.7. The summed E-state index contributed by atoms with van der Waals surface area (Å²) in [6, 6.07) is 11.9. The van der Waals surface area contributed by atoms with Gasteiger partial charge >= 0.3 is 0 Å². The lowest BCUT2D eigenvalue weighted by molar-refractivity contribution is 0.101. The van der Waals surface area contributed by atoms with Crippen molar-refractivity contribution < 1.29 is 9.53 Å². The average molecular weight is 254 g/mol. The quantitative estimate of drug-likeness (QED) is 0.747. The highest BCUT2D eigenvalue weighted by atomic mass is 16.5. The molecule has 3 rings (SSSR count). The van der Waals surface area contributed by atoms with Gasteiger partial charge in [0, 0.05) is 5.39 Å². The lowest BCUT2D eigenvalue weighted by Crippen LogP contribution is -2.04. The van der Waals surface area contributed by atoms with E-state index in [1.54, 1.807) is 6.92 Å². The third kappa shape index (κ3) is 2.62. The molecule has 0 unspecified atom stereocenters. The van der Waals surface area contributed by atoms with Crippen LogP contribution in [0.1, 0.15) is 36.5 Å². The van der Waals surface area contributed by atoms with E-state index in [1.165, 1.54) is 12.8 Å². The minimum atomic E-state index is 0.0622. The van der Waals surface area contributed by atoms with Crippen molar-refractivity contribution in [1.82, 2.24) is 0 Å². The van der Waals surface area contributed by atoms with Gasteiger partial charge in [-0.25, -0.2) is 0 Å². The van der Waals surface area contributed by atoms with Crippen LogP contribution >= 0.6 is 0 Å². The first-order valence-corrected chi connectivity index (χ1v) is 6.91. The summed E-state index contributed by atoms with van der Waals surface area (Å²) in [5, 5.41) is 2.15. The number of carbonyl (C=O) groups excluding carboxylic acids is 1. The van der Waals surface area contributed by atoms with Crippen LogP contribution < -0.4 is 4.74 Å². The molecule has 1 aliphatic carbocycles. The largest absolute Gasteiger partial charge is 0.492 e. The monoisotopic (exact) mass is 254 g/mol. The molecule has 0 heterocycles. The first kappa shape index (κ1) is 12.2. The molecule has 1 saturated carbocycles. The summed E-state index contributed by atoms with van der Waals surface area (Å²) < 4.78 is 5.94. The van der Waals surface area contributed by atoms with Gasteiger partial charge in [0.1, 0.15) is 5.75 Å². The smallest absolute Gasteiger partial charge is 0.163 e. The van der Waals surface area contributed by atoms with Gasteiger partial charge in [-0.2, -0.15) is 0 Å². The Balaban J connectivity index is 1.95. The van der Waals surface area contributed by atoms with Crippen molar-refractivity contribution in [3.05, 3.63) is 42.0 Å². The molecule has 2 aromatic rings. The van der Waals surface area contributed by atoms with E-state index in [1.807, 2.05) is 36.4 Å². The maximum absolute atomic E-state index is 11.7. The molecule has 0 saturated heterocycles. The summed E-state index contributed by atoms with van der Waals surface area (Å²) >= 11 is 0. The van der Waals surface area contributed by atoms with Crippen molar-refractivity contribution in [2.75, 3.05) is 6.61 Å². The van der Waals surface area contributed by atoms with Crippen molar-refractivity contribution in [1.29, 1.82) is 0 Å². The first-order valence-electron chi connectivity index (χ1n) is 6.91. The molecule has 0 atom stereocenters. The Morgan fingerprint density at radius 1 is 1.21 bits per heavy atom. The minimum Gasteiger partial charge on any atom is -0.492 e. The fourth-order valence-electron chi connectivity index (χ4n) is 2.41. The van der Waals surface area contributed by atoms with E-state index in [-0.39, 0.29) is 5.78 Å². The van der Waals surface area contributed by atoms with E-state index < -0.39 is 0 Å². The lowest BCUT2D eigenvalue weighted by atomic mass is 10.0. The van der Waals surface area contributed by atoms with Crippen molar-refractivity contribution in [3.8, 4) is 5.75 Å². The standard InChI is InChI=1S/C17H18O2/c1-12(18)15-9-8-14-4-2-3-5-16(14)17(15)19-11-10-13-6-7-13/h2-5,8-9,13H,6-7,10-11H2,1H3. The molecule has 2 aromatic carbocycles. The lowest BCUT2D eigenvalue weighted by Gasteiger charge is -2.13. The number of ketones is 1. The van der Waals surface area contributed by atoms with Crippen molar-refractivity contribution in [2.45, 2.75) is 26.2 Å². The fraction of sp³-hybridized carbons (Fsp3) is 0.353. The minimum absolute atomic E-state index is 0.0622. The Kier molecular flexibility index (Phi) is 3.24. The predicted octanol–water partition coefficient (Wildman–Crippen LogP) is 4.22. The van der Waals surface area contributed by atoms with E-state index in [9.17, 15) is 4.79 Å². The van der Waals surface area contributed by atoms with E-state index in [0.29, 0.717) is 12.2 Å². The van der Waals surface area contributed by atoms with Crippen LogP contribution in [0.2, 0.25) is 0 Å². The summed E-state index contributed by atoms with van der Waals surface area (Å²) in [6.07, 6.45) is 3.76. The molecule has 2 heteroatoms. The normalized spacial score (nSPS) is 14.6. The van der Waals surface area contributed by atoms with Crippen molar-refractivity contribution in [3.63, 3.8) is 0 Å². The van der Waals surface area contributed by atoms with Gasteiger partial charge in [-0.15, -0.1) is 0 Å². The van der Waals surface area contributed by atoms with Crippen molar-refractivity contribution >= 4 is 16.6 Å². The van der Waals surface area contributed by atoms with Crippen LogP contribution in [0.5, 0.6) is 5.75 Å². The molecule has 1 aliphatic rings. The average Bonchev–Trinajstić information content (AvgIpc) is 3.22. The number of hydrogen-bond acceptors (Lipinski definition) is 2. The Labute approximate surface area is 113 Å². The van der Waals surface area contributed by atoms with Crippen LogP contribution in [0, 0.1) is 5.92 Å². The van der Waals surface area contributed by atoms with Gasteiger partial charge < -0.3 is 4.74 Å². The summed E-state index contributed by atoms with van der Waals surface area (Å²) in [5.41, 5.74) is 0.689. The summed E-state index contributed by atoms with van der Waals surface area (Å²) in [6.45, 7) is 2.30. The molecule has 0 aromatic heterocycles. The number of hydrogen-bond donors (Lipinski definition) is 0. The van der Waals surface area contributed by atoms with Gasteiger partial charge in [0.25, 0.3) is 0 Å². The fourth-order valence-corrected chi connectivity index (χ4v) is 2.41. The highest BCUT2D eigenvalue weighted by Crippen LogP contribution is 2.34. The molecular weight excluding hydrogens is 236 g/mol. The van der Waals surface area contributed by atoms with Crippen LogP contribution in [-0.4, -0.2) is 12.4 Å². The van der Waals surface area contributed by atoms with E-state index in [4.69, 9.17) is 4.74 Å². The third-order valence-corrected chi connectivity index (χ3v) is 3.73. The van der Waals surface area contributed by atoms with Crippen LogP contribution in [0.3, 0.4) is 0 Å². The predicted molar refractivity (Wildman–Crippen MR) is 76.8 cm³/mol. The zero-order chi connectivity index (χ0) is 13.2. The number of rotatable bonds is 5. The van der Waals surface area contributed by atoms with Crippen LogP contribution in [-0.2, 0) is 0 Å². The van der Waals surface area contributed by atoms with Crippen LogP contribution in [0.15, 0.2) is 36.4 Å². The second kappa shape index (κ2) is 5.04. The molecule has 0 radical (unpaired) electrons.